The van der Waals surface area contributed by atoms with E-state index in [0.29, 0.717) is 12.2 Å². The van der Waals surface area contributed by atoms with Gasteiger partial charge in [0.05, 0.1) is 0 Å². The predicted octanol–water partition coefficient (Wildman–Crippen LogP) is 1.15. The van der Waals surface area contributed by atoms with Crippen molar-refractivity contribution < 1.29 is 9.59 Å². The first-order valence-corrected chi connectivity index (χ1v) is 6.14. The minimum Gasteiger partial charge on any atom is -0.325 e. The molecular formula is C14H14N2O2. The fraction of sp³-hybridized carbons (Fsp3) is 0.286. The van der Waals surface area contributed by atoms with Crippen LogP contribution in [0.1, 0.15) is 18.4 Å². The molecule has 2 saturated heterocycles. The summed E-state index contributed by atoms with van der Waals surface area (Å²) in [6.07, 6.45) is 3.41. The fourth-order valence-electron chi connectivity index (χ4n) is 2.52. The number of piperazine rings is 1. The third-order valence-electron chi connectivity index (χ3n) is 3.42. The molecule has 2 heterocycles. The van der Waals surface area contributed by atoms with Crippen LogP contribution in [0.25, 0.3) is 6.08 Å². The molecule has 0 saturated carbocycles. The molecule has 0 radical (unpaired) electrons. The summed E-state index contributed by atoms with van der Waals surface area (Å²) in [5, 5.41) is 2.72. The maximum absolute atomic E-state index is 12.2. The second-order valence-corrected chi connectivity index (χ2v) is 4.61. The molecule has 1 N–H and O–H groups in total. The quantitative estimate of drug-likeness (QED) is 0.751. The van der Waals surface area contributed by atoms with E-state index >= 15 is 0 Å². The van der Waals surface area contributed by atoms with Gasteiger partial charge in [0.1, 0.15) is 11.7 Å². The van der Waals surface area contributed by atoms with Crippen molar-refractivity contribution in [2.75, 3.05) is 6.54 Å². The van der Waals surface area contributed by atoms with Gasteiger partial charge in [0, 0.05) is 6.54 Å². The van der Waals surface area contributed by atoms with Gasteiger partial charge < -0.3 is 10.2 Å². The van der Waals surface area contributed by atoms with Crippen molar-refractivity contribution in [1.29, 1.82) is 0 Å². The summed E-state index contributed by atoms with van der Waals surface area (Å²) in [6.45, 7) is 0.684. The van der Waals surface area contributed by atoms with Crippen molar-refractivity contribution in [1.82, 2.24) is 10.2 Å². The average molecular weight is 242 g/mol. The van der Waals surface area contributed by atoms with E-state index in [4.69, 9.17) is 0 Å². The van der Waals surface area contributed by atoms with Crippen LogP contribution in [0.4, 0.5) is 0 Å². The third-order valence-corrected chi connectivity index (χ3v) is 3.42. The first-order chi connectivity index (χ1) is 8.75. The van der Waals surface area contributed by atoms with Gasteiger partial charge in [-0.15, -0.1) is 0 Å². The van der Waals surface area contributed by atoms with E-state index in [0.717, 1.165) is 18.4 Å². The zero-order valence-corrected chi connectivity index (χ0v) is 9.93. The minimum atomic E-state index is -0.259. The van der Waals surface area contributed by atoms with E-state index in [1.807, 2.05) is 30.3 Å². The number of carbonyl (C=O) groups is 2. The van der Waals surface area contributed by atoms with Crippen LogP contribution in [0.2, 0.25) is 0 Å². The molecule has 4 heteroatoms. The second-order valence-electron chi connectivity index (χ2n) is 4.61. The summed E-state index contributed by atoms with van der Waals surface area (Å²) in [6, 6.07) is 9.27. The van der Waals surface area contributed by atoms with Crippen LogP contribution >= 0.6 is 0 Å². The van der Waals surface area contributed by atoms with E-state index in [1.165, 1.54) is 0 Å². The summed E-state index contributed by atoms with van der Waals surface area (Å²) in [5.74, 6) is -0.129. The summed E-state index contributed by atoms with van der Waals surface area (Å²) >= 11 is 0. The Morgan fingerprint density at radius 2 is 2.00 bits per heavy atom. The molecule has 92 valence electrons. The lowest BCUT2D eigenvalue weighted by Gasteiger charge is -2.30. The van der Waals surface area contributed by atoms with Crippen LogP contribution in [-0.2, 0) is 9.59 Å². The molecule has 2 fully saturated rings. The van der Waals surface area contributed by atoms with Crippen LogP contribution in [0.3, 0.4) is 0 Å². The molecule has 0 aromatic heterocycles. The number of hydrogen-bond acceptors (Lipinski definition) is 2. The molecule has 2 aliphatic rings. The van der Waals surface area contributed by atoms with Crippen LogP contribution in [-0.4, -0.2) is 29.3 Å². The molecule has 1 aromatic rings. The standard InChI is InChI=1S/C14H14N2O2/c17-13-12-7-4-8-16(12)14(18)11(15-13)9-10-5-2-1-3-6-10/h1-3,5-6,9,12H,4,7-8H2,(H,15,17)/b11-9-/t12-/m0/s1. The molecule has 4 nitrogen and oxygen atoms in total. The lowest BCUT2D eigenvalue weighted by atomic mass is 10.1. The zero-order chi connectivity index (χ0) is 12.5. The summed E-state index contributed by atoms with van der Waals surface area (Å²) < 4.78 is 0. The van der Waals surface area contributed by atoms with Gasteiger partial charge in [0.2, 0.25) is 5.91 Å². The Morgan fingerprint density at radius 3 is 2.78 bits per heavy atom. The highest BCUT2D eigenvalue weighted by atomic mass is 16.2. The van der Waals surface area contributed by atoms with E-state index in [9.17, 15) is 9.59 Å². The van der Waals surface area contributed by atoms with E-state index < -0.39 is 0 Å². The zero-order valence-electron chi connectivity index (χ0n) is 9.93. The molecule has 1 atom stereocenters. The number of rotatable bonds is 1. The van der Waals surface area contributed by atoms with E-state index in [1.54, 1.807) is 11.0 Å². The van der Waals surface area contributed by atoms with Gasteiger partial charge >= 0.3 is 0 Å². The Kier molecular flexibility index (Phi) is 2.63. The number of amides is 2. The maximum Gasteiger partial charge on any atom is 0.271 e. The van der Waals surface area contributed by atoms with Crippen LogP contribution in [0, 0.1) is 0 Å². The molecule has 18 heavy (non-hydrogen) atoms. The minimum absolute atomic E-state index is 0.0609. The first-order valence-electron chi connectivity index (χ1n) is 6.14. The molecular weight excluding hydrogens is 228 g/mol. The van der Waals surface area contributed by atoms with Crippen LogP contribution in [0.15, 0.2) is 36.0 Å². The van der Waals surface area contributed by atoms with Gasteiger partial charge in [-0.05, 0) is 24.5 Å². The summed E-state index contributed by atoms with van der Waals surface area (Å²) in [7, 11) is 0. The normalized spacial score (nSPS) is 25.2. The van der Waals surface area contributed by atoms with Crippen molar-refractivity contribution in [2.45, 2.75) is 18.9 Å². The lowest BCUT2D eigenvalue weighted by Crippen LogP contribution is -2.53. The molecule has 0 aliphatic carbocycles. The Bertz CT molecular complexity index is 522. The van der Waals surface area contributed by atoms with Crippen molar-refractivity contribution in [3.05, 3.63) is 41.6 Å². The van der Waals surface area contributed by atoms with Gasteiger partial charge in [-0.3, -0.25) is 9.59 Å². The third kappa shape index (κ3) is 1.79. The van der Waals surface area contributed by atoms with E-state index in [-0.39, 0.29) is 17.9 Å². The number of nitrogens with zero attached hydrogens (tertiary/aromatic N) is 1. The van der Waals surface area contributed by atoms with Crippen molar-refractivity contribution in [3.63, 3.8) is 0 Å². The van der Waals surface area contributed by atoms with Gasteiger partial charge in [0.15, 0.2) is 0 Å². The molecule has 2 aliphatic heterocycles. The summed E-state index contributed by atoms with van der Waals surface area (Å²) in [5.41, 5.74) is 1.29. The SMILES string of the molecule is O=C1N/C(=C\c2ccccc2)C(=O)N2CCC[C@@H]12. The highest BCUT2D eigenvalue weighted by Crippen LogP contribution is 2.24. The van der Waals surface area contributed by atoms with Gasteiger partial charge in [-0.25, -0.2) is 0 Å². The van der Waals surface area contributed by atoms with Crippen molar-refractivity contribution >= 4 is 17.9 Å². The highest BCUT2D eigenvalue weighted by molar-refractivity contribution is 6.07. The predicted molar refractivity (Wildman–Crippen MR) is 67.3 cm³/mol. The van der Waals surface area contributed by atoms with Crippen molar-refractivity contribution in [3.8, 4) is 0 Å². The molecule has 3 rings (SSSR count). The summed E-state index contributed by atoms with van der Waals surface area (Å²) in [4.78, 5) is 25.8. The number of carbonyl (C=O) groups excluding carboxylic acids is 2. The molecule has 2 amide bonds. The van der Waals surface area contributed by atoms with E-state index in [2.05, 4.69) is 5.32 Å². The molecule has 1 aromatic carbocycles. The number of benzene rings is 1. The molecule has 0 bridgehead atoms. The van der Waals surface area contributed by atoms with Gasteiger partial charge in [-0.1, -0.05) is 30.3 Å². The van der Waals surface area contributed by atoms with Crippen LogP contribution in [0.5, 0.6) is 0 Å². The number of fused-ring (bicyclic) bond motifs is 1. The number of hydrogen-bond donors (Lipinski definition) is 1. The second kappa shape index (κ2) is 4.29. The lowest BCUT2D eigenvalue weighted by molar-refractivity contribution is -0.140. The smallest absolute Gasteiger partial charge is 0.271 e. The molecule has 0 unspecified atom stereocenters. The Labute approximate surface area is 105 Å². The Hall–Kier alpha value is -2.10. The fourth-order valence-corrected chi connectivity index (χ4v) is 2.52. The molecule has 0 spiro atoms. The topological polar surface area (TPSA) is 49.4 Å². The van der Waals surface area contributed by atoms with Gasteiger partial charge in [-0.2, -0.15) is 0 Å². The Balaban J connectivity index is 1.91. The van der Waals surface area contributed by atoms with Gasteiger partial charge in [0.25, 0.3) is 5.91 Å². The number of nitrogens with one attached hydrogen (secondary N) is 1. The monoisotopic (exact) mass is 242 g/mol. The average Bonchev–Trinajstić information content (AvgIpc) is 2.87. The van der Waals surface area contributed by atoms with Crippen molar-refractivity contribution in [2.24, 2.45) is 0 Å². The first kappa shape index (κ1) is 11.0. The van der Waals surface area contributed by atoms with Crippen LogP contribution < -0.4 is 5.32 Å². The Morgan fingerprint density at radius 1 is 1.22 bits per heavy atom. The largest absolute Gasteiger partial charge is 0.325 e. The maximum atomic E-state index is 12.2. The highest BCUT2D eigenvalue weighted by Gasteiger charge is 2.40.